The summed E-state index contributed by atoms with van der Waals surface area (Å²) in [5.41, 5.74) is 1.32. The van der Waals surface area contributed by atoms with E-state index in [4.69, 9.17) is 4.74 Å². The van der Waals surface area contributed by atoms with Gasteiger partial charge in [-0.3, -0.25) is 9.88 Å². The van der Waals surface area contributed by atoms with Gasteiger partial charge in [-0.1, -0.05) is 6.92 Å². The summed E-state index contributed by atoms with van der Waals surface area (Å²) in [5, 5.41) is 3.40. The van der Waals surface area contributed by atoms with Crippen LogP contribution in [0.15, 0.2) is 24.5 Å². The van der Waals surface area contributed by atoms with E-state index in [-0.39, 0.29) is 0 Å². The standard InChI is InChI=1S/C13H21N3O/c1-2-14-9-13-11-17-8-7-16(13)10-12-3-5-15-6-4-12/h3-6,13-14H,2,7-11H2,1H3. The van der Waals surface area contributed by atoms with Gasteiger partial charge in [0.2, 0.25) is 0 Å². The molecule has 0 saturated carbocycles. The Hall–Kier alpha value is -0.970. The summed E-state index contributed by atoms with van der Waals surface area (Å²) in [6.07, 6.45) is 3.71. The lowest BCUT2D eigenvalue weighted by Gasteiger charge is -2.35. The van der Waals surface area contributed by atoms with Gasteiger partial charge in [-0.05, 0) is 24.2 Å². The van der Waals surface area contributed by atoms with Crippen LogP contribution in [-0.2, 0) is 11.3 Å². The van der Waals surface area contributed by atoms with E-state index >= 15 is 0 Å². The molecule has 1 aliphatic rings. The quantitative estimate of drug-likeness (QED) is 0.822. The topological polar surface area (TPSA) is 37.4 Å². The first-order valence-electron chi connectivity index (χ1n) is 6.31. The first-order chi connectivity index (χ1) is 8.40. The fourth-order valence-electron chi connectivity index (χ4n) is 2.12. The molecule has 1 aromatic heterocycles. The monoisotopic (exact) mass is 235 g/mol. The number of morpholine rings is 1. The molecule has 1 atom stereocenters. The predicted octanol–water partition coefficient (Wildman–Crippen LogP) is 0.892. The van der Waals surface area contributed by atoms with Gasteiger partial charge >= 0.3 is 0 Å². The molecule has 2 rings (SSSR count). The fraction of sp³-hybridized carbons (Fsp3) is 0.615. The average molecular weight is 235 g/mol. The third-order valence-electron chi connectivity index (χ3n) is 3.11. The van der Waals surface area contributed by atoms with E-state index in [1.54, 1.807) is 0 Å². The number of hydrogen-bond donors (Lipinski definition) is 1. The van der Waals surface area contributed by atoms with Gasteiger partial charge in [-0.25, -0.2) is 0 Å². The summed E-state index contributed by atoms with van der Waals surface area (Å²) in [6, 6.07) is 4.65. The second-order valence-electron chi connectivity index (χ2n) is 4.36. The van der Waals surface area contributed by atoms with Crippen molar-refractivity contribution in [1.82, 2.24) is 15.2 Å². The second-order valence-corrected chi connectivity index (χ2v) is 4.36. The molecule has 94 valence electrons. The van der Waals surface area contributed by atoms with E-state index < -0.39 is 0 Å². The van der Waals surface area contributed by atoms with E-state index in [1.807, 2.05) is 12.4 Å². The number of pyridine rings is 1. The van der Waals surface area contributed by atoms with E-state index in [0.29, 0.717) is 6.04 Å². The van der Waals surface area contributed by atoms with Crippen LogP contribution in [-0.4, -0.2) is 48.8 Å². The lowest BCUT2D eigenvalue weighted by atomic mass is 10.1. The van der Waals surface area contributed by atoms with Crippen LogP contribution in [0.1, 0.15) is 12.5 Å². The number of hydrogen-bond acceptors (Lipinski definition) is 4. The third-order valence-corrected chi connectivity index (χ3v) is 3.11. The van der Waals surface area contributed by atoms with Crippen molar-refractivity contribution in [3.63, 3.8) is 0 Å². The van der Waals surface area contributed by atoms with Gasteiger partial charge in [0, 0.05) is 38.1 Å². The molecular weight excluding hydrogens is 214 g/mol. The Bertz CT molecular complexity index is 318. The molecule has 1 saturated heterocycles. The molecule has 0 spiro atoms. The van der Waals surface area contributed by atoms with Gasteiger partial charge in [0.1, 0.15) is 0 Å². The normalized spacial score (nSPS) is 21.6. The summed E-state index contributed by atoms with van der Waals surface area (Å²) < 4.78 is 5.55. The van der Waals surface area contributed by atoms with Crippen molar-refractivity contribution >= 4 is 0 Å². The Morgan fingerprint density at radius 1 is 1.47 bits per heavy atom. The van der Waals surface area contributed by atoms with E-state index in [0.717, 1.165) is 39.4 Å². The molecule has 1 unspecified atom stereocenters. The van der Waals surface area contributed by atoms with Gasteiger partial charge in [0.25, 0.3) is 0 Å². The summed E-state index contributed by atoms with van der Waals surface area (Å²) in [4.78, 5) is 6.54. The Balaban J connectivity index is 1.92. The van der Waals surface area contributed by atoms with Gasteiger partial charge < -0.3 is 10.1 Å². The first kappa shape index (κ1) is 12.5. The van der Waals surface area contributed by atoms with Gasteiger partial charge in [-0.15, -0.1) is 0 Å². The number of ether oxygens (including phenoxy) is 1. The van der Waals surface area contributed by atoms with Crippen LogP contribution in [0, 0.1) is 0 Å². The van der Waals surface area contributed by atoms with Crippen LogP contribution in [0.5, 0.6) is 0 Å². The van der Waals surface area contributed by atoms with Crippen LogP contribution in [0.25, 0.3) is 0 Å². The molecule has 2 heterocycles. The van der Waals surface area contributed by atoms with Crippen LogP contribution in [0.4, 0.5) is 0 Å². The smallest absolute Gasteiger partial charge is 0.0635 e. The van der Waals surface area contributed by atoms with Crippen LogP contribution in [0.3, 0.4) is 0 Å². The highest BCUT2D eigenvalue weighted by Gasteiger charge is 2.22. The Morgan fingerprint density at radius 2 is 2.29 bits per heavy atom. The minimum Gasteiger partial charge on any atom is -0.378 e. The number of nitrogens with zero attached hydrogens (tertiary/aromatic N) is 2. The van der Waals surface area contributed by atoms with Crippen molar-refractivity contribution in [3.8, 4) is 0 Å². The minimum atomic E-state index is 0.483. The molecule has 0 amide bonds. The first-order valence-corrected chi connectivity index (χ1v) is 6.31. The molecule has 0 aliphatic carbocycles. The zero-order chi connectivity index (χ0) is 11.9. The van der Waals surface area contributed by atoms with Gasteiger partial charge in [-0.2, -0.15) is 0 Å². The zero-order valence-corrected chi connectivity index (χ0v) is 10.4. The van der Waals surface area contributed by atoms with Crippen LogP contribution in [0.2, 0.25) is 0 Å². The maximum Gasteiger partial charge on any atom is 0.0635 e. The molecule has 1 aliphatic heterocycles. The average Bonchev–Trinajstić information content (AvgIpc) is 2.39. The number of rotatable bonds is 5. The van der Waals surface area contributed by atoms with Crippen molar-refractivity contribution < 1.29 is 4.74 Å². The fourth-order valence-corrected chi connectivity index (χ4v) is 2.12. The van der Waals surface area contributed by atoms with Gasteiger partial charge in [0.15, 0.2) is 0 Å². The molecule has 0 aromatic carbocycles. The van der Waals surface area contributed by atoms with Crippen molar-refractivity contribution in [3.05, 3.63) is 30.1 Å². The highest BCUT2D eigenvalue weighted by atomic mass is 16.5. The summed E-state index contributed by atoms with van der Waals surface area (Å²) in [6.45, 7) is 7.82. The zero-order valence-electron chi connectivity index (χ0n) is 10.4. The number of nitrogens with one attached hydrogen (secondary N) is 1. The number of aromatic nitrogens is 1. The molecule has 1 fully saturated rings. The summed E-state index contributed by atoms with van der Waals surface area (Å²) in [7, 11) is 0. The molecule has 1 N–H and O–H groups in total. The third kappa shape index (κ3) is 3.77. The Morgan fingerprint density at radius 3 is 3.06 bits per heavy atom. The minimum absolute atomic E-state index is 0.483. The van der Waals surface area contributed by atoms with Crippen LogP contribution < -0.4 is 5.32 Å². The predicted molar refractivity (Wildman–Crippen MR) is 67.8 cm³/mol. The van der Waals surface area contributed by atoms with E-state index in [2.05, 4.69) is 34.3 Å². The van der Waals surface area contributed by atoms with Crippen LogP contribution >= 0.6 is 0 Å². The molecular formula is C13H21N3O. The molecule has 0 bridgehead atoms. The van der Waals surface area contributed by atoms with Crippen molar-refractivity contribution in [2.75, 3.05) is 32.8 Å². The van der Waals surface area contributed by atoms with Crippen molar-refractivity contribution in [2.24, 2.45) is 0 Å². The maximum absolute atomic E-state index is 5.55. The molecule has 17 heavy (non-hydrogen) atoms. The number of likely N-dealkylation sites (N-methyl/N-ethyl adjacent to an activating group) is 1. The highest BCUT2D eigenvalue weighted by molar-refractivity contribution is 5.09. The highest BCUT2D eigenvalue weighted by Crippen LogP contribution is 2.11. The second kappa shape index (κ2) is 6.69. The molecule has 0 radical (unpaired) electrons. The summed E-state index contributed by atoms with van der Waals surface area (Å²) in [5.74, 6) is 0. The molecule has 1 aromatic rings. The lowest BCUT2D eigenvalue weighted by molar-refractivity contribution is -0.0107. The maximum atomic E-state index is 5.55. The largest absolute Gasteiger partial charge is 0.378 e. The van der Waals surface area contributed by atoms with Gasteiger partial charge in [0.05, 0.1) is 13.2 Å². The summed E-state index contributed by atoms with van der Waals surface area (Å²) >= 11 is 0. The lowest BCUT2D eigenvalue weighted by Crippen LogP contribution is -2.49. The van der Waals surface area contributed by atoms with Crippen molar-refractivity contribution in [2.45, 2.75) is 19.5 Å². The molecule has 4 nitrogen and oxygen atoms in total. The SMILES string of the molecule is CCNCC1COCCN1Cc1ccncc1. The van der Waals surface area contributed by atoms with E-state index in [1.165, 1.54) is 5.56 Å². The van der Waals surface area contributed by atoms with E-state index in [9.17, 15) is 0 Å². The Labute approximate surface area is 103 Å². The Kier molecular flexibility index (Phi) is 4.91. The molecule has 4 heteroatoms. The van der Waals surface area contributed by atoms with Crippen molar-refractivity contribution in [1.29, 1.82) is 0 Å².